The molecule has 8 nitrogen and oxygen atoms in total. The number of aliphatic hydroxyl groups excluding tert-OH is 2. The minimum atomic E-state index is -0.781. The van der Waals surface area contributed by atoms with Gasteiger partial charge in [-0.05, 0) is 149 Å². The minimum absolute atomic E-state index is 0.000901. The van der Waals surface area contributed by atoms with Crippen LogP contribution in [-0.4, -0.2) is 55.0 Å². The Hall–Kier alpha value is -2.81. The van der Waals surface area contributed by atoms with Gasteiger partial charge in [0.15, 0.2) is 5.78 Å². The third-order valence-corrected chi connectivity index (χ3v) is 14.6. The van der Waals surface area contributed by atoms with Crippen LogP contribution in [0.3, 0.4) is 0 Å². The van der Waals surface area contributed by atoms with Crippen molar-refractivity contribution in [1.82, 2.24) is 4.98 Å². The van der Waals surface area contributed by atoms with Crippen LogP contribution in [0.15, 0.2) is 30.3 Å². The fourth-order valence-electron chi connectivity index (χ4n) is 11.8. The van der Waals surface area contributed by atoms with Gasteiger partial charge in [0.05, 0.1) is 29.1 Å². The van der Waals surface area contributed by atoms with Gasteiger partial charge in [-0.25, -0.2) is 0 Å². The molecule has 1 aromatic heterocycles. The van der Waals surface area contributed by atoms with Crippen molar-refractivity contribution in [2.24, 2.45) is 46.3 Å². The molecule has 4 aliphatic carbocycles. The molecule has 274 valence electrons. The van der Waals surface area contributed by atoms with Gasteiger partial charge in [0, 0.05) is 24.3 Å². The summed E-state index contributed by atoms with van der Waals surface area (Å²) in [5.41, 5.74) is 4.23. The van der Waals surface area contributed by atoms with E-state index in [4.69, 9.17) is 0 Å². The molecule has 2 aromatic rings. The highest BCUT2D eigenvalue weighted by Crippen LogP contribution is 2.69. The average molecular weight is 689 g/mol. The van der Waals surface area contributed by atoms with Crippen LogP contribution < -0.4 is 5.32 Å². The number of Topliss-reactive ketones (excluding diaryl/α,β-unsaturated/α-hetero) is 1. The lowest BCUT2D eigenvalue weighted by Gasteiger charge is -2.64. The molecule has 5 N–H and O–H groups in total. The van der Waals surface area contributed by atoms with E-state index in [1.165, 1.54) is 5.56 Å². The number of hydrogen-bond acceptors (Lipinski definition) is 7. The van der Waals surface area contributed by atoms with E-state index in [1.54, 1.807) is 6.92 Å². The quantitative estimate of drug-likeness (QED) is 0.155. The summed E-state index contributed by atoms with van der Waals surface area (Å²) in [6, 6.07) is 10.4. The first-order valence-electron chi connectivity index (χ1n) is 19.2. The van der Waals surface area contributed by atoms with Crippen molar-refractivity contribution in [3.8, 4) is 0 Å². The number of carbonyl (C=O) groups is 2. The lowest BCUT2D eigenvalue weighted by Crippen LogP contribution is -2.63. The van der Waals surface area contributed by atoms with Gasteiger partial charge < -0.3 is 25.7 Å². The zero-order valence-electron chi connectivity index (χ0n) is 31.0. The zero-order valence-corrected chi connectivity index (χ0v) is 31.0. The van der Waals surface area contributed by atoms with E-state index >= 15 is 0 Å². The van der Waals surface area contributed by atoms with Crippen molar-refractivity contribution in [2.45, 2.75) is 137 Å². The molecule has 0 bridgehead atoms. The standard InChI is InChI=1S/C42H60N2O6/c1-24(7-14-37(48)49)31-12-13-32-39-33(21-36(47)41(31,32)6)40(5)17-18-42(50,22-30(40)20-35(39)46)16-15-28-8-10-29(11-9-28)23-43-34-19-25(2)44-26(3)38(34)27(4)45/h8-11,19,24,30-33,35-36,39,46-47,50H,7,12-18,20-23H2,1-6H3,(H,43,44)(H,48,49)/t24-,30?,31-,32?,33?,35?,36?,39?,40+,41-,42-/m1/s1. The Morgan fingerprint density at radius 1 is 1.02 bits per heavy atom. The third kappa shape index (κ3) is 6.77. The second kappa shape index (κ2) is 14.0. The fraction of sp³-hybridized carbons (Fsp3) is 0.690. The summed E-state index contributed by atoms with van der Waals surface area (Å²) in [5, 5.41) is 48.4. The van der Waals surface area contributed by atoms with Crippen molar-refractivity contribution in [3.05, 3.63) is 58.4 Å². The summed E-state index contributed by atoms with van der Waals surface area (Å²) in [4.78, 5) is 28.0. The van der Waals surface area contributed by atoms with E-state index in [0.29, 0.717) is 44.2 Å². The number of pyridine rings is 1. The summed E-state index contributed by atoms with van der Waals surface area (Å²) < 4.78 is 0. The van der Waals surface area contributed by atoms with E-state index < -0.39 is 23.8 Å². The number of rotatable bonds is 11. The van der Waals surface area contributed by atoms with E-state index in [1.807, 2.05) is 19.9 Å². The van der Waals surface area contributed by atoms with E-state index in [9.17, 15) is 30.0 Å². The molecule has 0 radical (unpaired) electrons. The van der Waals surface area contributed by atoms with Gasteiger partial charge in [0.25, 0.3) is 0 Å². The number of ketones is 1. The lowest BCUT2D eigenvalue weighted by atomic mass is 9.42. The van der Waals surface area contributed by atoms with Crippen LogP contribution in [0.1, 0.15) is 125 Å². The normalized spacial score (nSPS) is 36.9. The number of carboxylic acids is 1. The van der Waals surface area contributed by atoms with Crippen molar-refractivity contribution >= 4 is 17.4 Å². The van der Waals surface area contributed by atoms with Gasteiger partial charge >= 0.3 is 5.97 Å². The van der Waals surface area contributed by atoms with Crippen LogP contribution in [0.5, 0.6) is 0 Å². The molecular formula is C42H60N2O6. The summed E-state index contributed by atoms with van der Waals surface area (Å²) >= 11 is 0. The molecule has 4 fully saturated rings. The van der Waals surface area contributed by atoms with Gasteiger partial charge in [-0.1, -0.05) is 45.0 Å². The molecule has 1 aromatic carbocycles. The van der Waals surface area contributed by atoms with Gasteiger partial charge in [-0.15, -0.1) is 0 Å². The number of aliphatic carboxylic acids is 1. The monoisotopic (exact) mass is 688 g/mol. The van der Waals surface area contributed by atoms with E-state index in [-0.39, 0.29) is 58.5 Å². The van der Waals surface area contributed by atoms with Crippen molar-refractivity contribution in [1.29, 1.82) is 0 Å². The summed E-state index contributed by atoms with van der Waals surface area (Å²) in [5.74, 6) is 0.505. The molecule has 0 amide bonds. The SMILES string of the molecule is CC(=O)c1c(NCc2ccc(CC[C@@]3(O)CC[C@@]4(C)C(CC(O)C5C4CC(O)[C@@]4(C)C5CC[C@@H]4[C@H](C)CCC(=O)O)C3)cc2)cc(C)nc1C. The maximum Gasteiger partial charge on any atom is 0.303 e. The molecule has 4 aliphatic rings. The van der Waals surface area contributed by atoms with Crippen molar-refractivity contribution < 1.29 is 30.0 Å². The fourth-order valence-corrected chi connectivity index (χ4v) is 11.8. The predicted octanol–water partition coefficient (Wildman–Crippen LogP) is 7.28. The number of benzene rings is 1. The van der Waals surface area contributed by atoms with E-state index in [2.05, 4.69) is 55.3 Å². The molecule has 50 heavy (non-hydrogen) atoms. The van der Waals surface area contributed by atoms with Gasteiger partial charge in [0.1, 0.15) is 0 Å². The van der Waals surface area contributed by atoms with Crippen LogP contribution in [0.25, 0.3) is 0 Å². The van der Waals surface area contributed by atoms with E-state index in [0.717, 1.165) is 54.7 Å². The number of aliphatic hydroxyl groups is 3. The Balaban J connectivity index is 1.08. The number of aryl methyl sites for hydroxylation is 3. The molecule has 4 saturated carbocycles. The second-order valence-corrected chi connectivity index (χ2v) is 17.4. The van der Waals surface area contributed by atoms with Crippen molar-refractivity contribution in [2.75, 3.05) is 5.32 Å². The summed E-state index contributed by atoms with van der Waals surface area (Å²) in [6.07, 6.45) is 6.99. The lowest BCUT2D eigenvalue weighted by molar-refractivity contribution is -0.216. The highest BCUT2D eigenvalue weighted by atomic mass is 16.4. The van der Waals surface area contributed by atoms with Crippen molar-refractivity contribution in [3.63, 3.8) is 0 Å². The van der Waals surface area contributed by atoms with Gasteiger partial charge in [0.2, 0.25) is 0 Å². The highest BCUT2D eigenvalue weighted by molar-refractivity contribution is 6.00. The highest BCUT2D eigenvalue weighted by Gasteiger charge is 2.66. The Kier molecular flexibility index (Phi) is 10.3. The molecule has 8 heteroatoms. The topological polar surface area (TPSA) is 140 Å². The van der Waals surface area contributed by atoms with Crippen LogP contribution >= 0.6 is 0 Å². The molecule has 0 aliphatic heterocycles. The number of aromatic nitrogens is 1. The Morgan fingerprint density at radius 3 is 2.40 bits per heavy atom. The van der Waals surface area contributed by atoms with Crippen LogP contribution in [0, 0.1) is 60.2 Å². The molecule has 0 saturated heterocycles. The Bertz CT molecular complexity index is 1580. The number of carbonyl (C=O) groups excluding carboxylic acids is 1. The first kappa shape index (κ1) is 37.0. The maximum atomic E-state index is 12.2. The molecule has 6 rings (SSSR count). The van der Waals surface area contributed by atoms with Crippen LogP contribution in [0.4, 0.5) is 5.69 Å². The smallest absolute Gasteiger partial charge is 0.303 e. The average Bonchev–Trinajstić information content (AvgIpc) is 3.41. The Morgan fingerprint density at radius 2 is 1.72 bits per heavy atom. The molecule has 6 unspecified atom stereocenters. The molecule has 0 spiro atoms. The maximum absolute atomic E-state index is 12.2. The van der Waals surface area contributed by atoms with Crippen LogP contribution in [0.2, 0.25) is 0 Å². The first-order valence-corrected chi connectivity index (χ1v) is 19.2. The largest absolute Gasteiger partial charge is 0.481 e. The number of carboxylic acid groups (broad SMARTS) is 1. The molecule has 1 heterocycles. The van der Waals surface area contributed by atoms with Gasteiger partial charge in [-0.3, -0.25) is 14.6 Å². The molecular weight excluding hydrogens is 628 g/mol. The van der Waals surface area contributed by atoms with Crippen LogP contribution in [-0.2, 0) is 17.8 Å². The Labute approximate surface area is 298 Å². The van der Waals surface area contributed by atoms with Gasteiger partial charge in [-0.2, -0.15) is 0 Å². The summed E-state index contributed by atoms with van der Waals surface area (Å²) in [6.45, 7) is 12.7. The third-order valence-electron chi connectivity index (χ3n) is 14.6. The number of nitrogens with one attached hydrogen (secondary N) is 1. The number of nitrogens with zero attached hydrogens (tertiary/aromatic N) is 1. The first-order chi connectivity index (χ1) is 23.6. The minimum Gasteiger partial charge on any atom is -0.481 e. The second-order valence-electron chi connectivity index (χ2n) is 17.4. The zero-order chi connectivity index (χ0) is 36.2. The summed E-state index contributed by atoms with van der Waals surface area (Å²) in [7, 11) is 0. The number of fused-ring (bicyclic) bond motifs is 5. The number of hydrogen-bond donors (Lipinski definition) is 5. The predicted molar refractivity (Wildman–Crippen MR) is 195 cm³/mol. The number of anilines is 1. The molecule has 11 atom stereocenters.